The largest absolute Gasteiger partial charge is 0.508 e. The summed E-state index contributed by atoms with van der Waals surface area (Å²) in [4.78, 5) is 41.3. The zero-order valence-electron chi connectivity index (χ0n) is 22.1. The van der Waals surface area contributed by atoms with Crippen molar-refractivity contribution >= 4 is 35.2 Å². The van der Waals surface area contributed by atoms with Crippen LogP contribution in [-0.2, 0) is 14.3 Å². The van der Waals surface area contributed by atoms with E-state index in [1.807, 2.05) is 0 Å². The molecule has 0 bridgehead atoms. The molecule has 2 aromatic rings. The molecule has 0 saturated heterocycles. The zero-order chi connectivity index (χ0) is 27.4. The number of halogens is 1. The third kappa shape index (κ3) is 7.37. The van der Waals surface area contributed by atoms with E-state index in [1.165, 1.54) is 17.9 Å². The molecule has 0 heterocycles. The predicted molar refractivity (Wildman–Crippen MR) is 141 cm³/mol. The molecule has 2 aromatic carbocycles. The average Bonchev–Trinajstić information content (AvgIpc) is 2.72. The van der Waals surface area contributed by atoms with Crippen molar-refractivity contribution in [2.24, 2.45) is 0 Å². The zero-order valence-corrected chi connectivity index (χ0v) is 22.9. The van der Waals surface area contributed by atoms with Gasteiger partial charge in [0.1, 0.15) is 23.4 Å². The summed E-state index contributed by atoms with van der Waals surface area (Å²) in [5.74, 6) is -1.25. The van der Waals surface area contributed by atoms with Gasteiger partial charge in [0.15, 0.2) is 0 Å². The van der Waals surface area contributed by atoms with Crippen LogP contribution in [-0.4, -0.2) is 45.1 Å². The van der Waals surface area contributed by atoms with Crippen LogP contribution in [0.4, 0.5) is 10.5 Å². The monoisotopic (exact) mass is 517 g/mol. The standard InChI is InChI=1S/C27H36ClN3O5/c1-16-12-11-14-19(28)21(16)30-23(33)22(18-13-9-10-15-20(18)32)31(26(3,4)5)24(34)17(2)29-25(35)36-27(6,7)8/h9-15,17,22,32H,1-8H3,(H,29,35)(H,30,33). The molecule has 2 unspecified atom stereocenters. The van der Waals surface area contributed by atoms with Crippen LogP contribution < -0.4 is 10.6 Å². The highest BCUT2D eigenvalue weighted by Crippen LogP contribution is 2.36. The number of phenolic OH excluding ortho intramolecular Hbond substituents is 1. The number of carbonyl (C=O) groups excluding carboxylic acids is 3. The molecule has 2 rings (SSSR count). The number of alkyl carbamates (subject to hydrolysis) is 1. The lowest BCUT2D eigenvalue weighted by Gasteiger charge is -2.42. The van der Waals surface area contributed by atoms with E-state index in [4.69, 9.17) is 16.3 Å². The molecule has 3 N–H and O–H groups in total. The third-order valence-corrected chi connectivity index (χ3v) is 5.59. The molecule has 0 aliphatic heterocycles. The molecule has 0 radical (unpaired) electrons. The van der Waals surface area contributed by atoms with Gasteiger partial charge in [0.25, 0.3) is 5.91 Å². The quantitative estimate of drug-likeness (QED) is 0.464. The minimum Gasteiger partial charge on any atom is -0.508 e. The van der Waals surface area contributed by atoms with Crippen molar-refractivity contribution in [1.29, 1.82) is 0 Å². The van der Waals surface area contributed by atoms with Gasteiger partial charge in [-0.1, -0.05) is 41.9 Å². The van der Waals surface area contributed by atoms with E-state index in [2.05, 4.69) is 10.6 Å². The maximum Gasteiger partial charge on any atom is 0.408 e. The molecule has 3 amide bonds. The minimum absolute atomic E-state index is 0.150. The van der Waals surface area contributed by atoms with Gasteiger partial charge in [-0.25, -0.2) is 4.79 Å². The molecule has 0 aromatic heterocycles. The van der Waals surface area contributed by atoms with Crippen LogP contribution in [0.15, 0.2) is 42.5 Å². The Hall–Kier alpha value is -3.26. The molecule has 0 aliphatic carbocycles. The maximum atomic E-state index is 13.8. The summed E-state index contributed by atoms with van der Waals surface area (Å²) < 4.78 is 5.29. The fourth-order valence-electron chi connectivity index (χ4n) is 3.70. The summed E-state index contributed by atoms with van der Waals surface area (Å²) >= 11 is 6.34. The Balaban J connectivity index is 2.54. The van der Waals surface area contributed by atoms with Gasteiger partial charge in [-0.05, 0) is 73.1 Å². The summed E-state index contributed by atoms with van der Waals surface area (Å²) in [6, 6.07) is 9.28. The number of nitrogens with one attached hydrogen (secondary N) is 2. The second-order valence-corrected chi connectivity index (χ2v) is 11.0. The van der Waals surface area contributed by atoms with Crippen LogP contribution in [0.5, 0.6) is 5.75 Å². The molecule has 0 spiro atoms. The third-order valence-electron chi connectivity index (χ3n) is 5.27. The van der Waals surface area contributed by atoms with Crippen molar-refractivity contribution in [3.63, 3.8) is 0 Å². The van der Waals surface area contributed by atoms with Crippen molar-refractivity contribution in [2.75, 3.05) is 5.32 Å². The van der Waals surface area contributed by atoms with Crippen LogP contribution in [0.3, 0.4) is 0 Å². The molecular weight excluding hydrogens is 482 g/mol. The van der Waals surface area contributed by atoms with Gasteiger partial charge < -0.3 is 25.4 Å². The number of amides is 3. The molecule has 36 heavy (non-hydrogen) atoms. The second-order valence-electron chi connectivity index (χ2n) is 10.6. The topological polar surface area (TPSA) is 108 Å². The highest BCUT2D eigenvalue weighted by atomic mass is 35.5. The highest BCUT2D eigenvalue weighted by molar-refractivity contribution is 6.34. The molecule has 196 valence electrons. The number of aromatic hydroxyl groups is 1. The van der Waals surface area contributed by atoms with Gasteiger partial charge >= 0.3 is 6.09 Å². The fourth-order valence-corrected chi connectivity index (χ4v) is 3.97. The lowest BCUT2D eigenvalue weighted by Crippen LogP contribution is -2.57. The summed E-state index contributed by atoms with van der Waals surface area (Å²) in [6.45, 7) is 13.8. The number of rotatable bonds is 6. The van der Waals surface area contributed by atoms with Crippen LogP contribution in [0.1, 0.15) is 65.6 Å². The van der Waals surface area contributed by atoms with Crippen molar-refractivity contribution in [2.45, 2.75) is 78.6 Å². The highest BCUT2D eigenvalue weighted by Gasteiger charge is 2.42. The first-order chi connectivity index (χ1) is 16.5. The first-order valence-electron chi connectivity index (χ1n) is 11.7. The lowest BCUT2D eigenvalue weighted by molar-refractivity contribution is -0.146. The number of ether oxygens (including phenoxy) is 1. The van der Waals surface area contributed by atoms with Crippen LogP contribution in [0, 0.1) is 6.92 Å². The first-order valence-corrected chi connectivity index (χ1v) is 12.1. The Morgan fingerprint density at radius 2 is 1.61 bits per heavy atom. The van der Waals surface area contributed by atoms with E-state index in [1.54, 1.807) is 84.9 Å². The fraction of sp³-hybridized carbons (Fsp3) is 0.444. The number of anilines is 1. The summed E-state index contributed by atoms with van der Waals surface area (Å²) in [5, 5.41) is 16.4. The van der Waals surface area contributed by atoms with Crippen LogP contribution >= 0.6 is 11.6 Å². The van der Waals surface area contributed by atoms with E-state index in [0.29, 0.717) is 10.7 Å². The lowest BCUT2D eigenvalue weighted by atomic mass is 9.95. The molecule has 0 aliphatic rings. The molecule has 0 fully saturated rings. The molecule has 9 heteroatoms. The van der Waals surface area contributed by atoms with Crippen molar-refractivity contribution < 1.29 is 24.2 Å². The van der Waals surface area contributed by atoms with Gasteiger partial charge in [0.2, 0.25) is 5.91 Å². The van der Waals surface area contributed by atoms with Crippen LogP contribution in [0.2, 0.25) is 5.02 Å². The Morgan fingerprint density at radius 1 is 1.00 bits per heavy atom. The Morgan fingerprint density at radius 3 is 2.14 bits per heavy atom. The minimum atomic E-state index is -1.24. The summed E-state index contributed by atoms with van der Waals surface area (Å²) in [5.41, 5.74) is -0.263. The van der Waals surface area contributed by atoms with Gasteiger partial charge in [-0.3, -0.25) is 9.59 Å². The van der Waals surface area contributed by atoms with E-state index in [-0.39, 0.29) is 11.3 Å². The number of benzene rings is 2. The summed E-state index contributed by atoms with van der Waals surface area (Å²) in [6.07, 6.45) is -0.757. The normalized spacial score (nSPS) is 13.4. The van der Waals surface area contributed by atoms with Gasteiger partial charge in [0.05, 0.1) is 10.7 Å². The number of hydrogen-bond donors (Lipinski definition) is 3. The average molecular weight is 518 g/mol. The van der Waals surface area contributed by atoms with Gasteiger partial charge in [-0.2, -0.15) is 0 Å². The van der Waals surface area contributed by atoms with Crippen LogP contribution in [0.25, 0.3) is 0 Å². The number of para-hydroxylation sites is 2. The van der Waals surface area contributed by atoms with E-state index in [0.717, 1.165) is 5.56 Å². The number of carbonyl (C=O) groups is 3. The van der Waals surface area contributed by atoms with Crippen molar-refractivity contribution in [3.05, 3.63) is 58.6 Å². The van der Waals surface area contributed by atoms with E-state index in [9.17, 15) is 19.5 Å². The molecule has 2 atom stereocenters. The van der Waals surface area contributed by atoms with Crippen molar-refractivity contribution in [1.82, 2.24) is 10.2 Å². The smallest absolute Gasteiger partial charge is 0.408 e. The number of hydrogen-bond acceptors (Lipinski definition) is 5. The Bertz CT molecular complexity index is 1100. The molecule has 8 nitrogen and oxygen atoms in total. The Labute approximate surface area is 218 Å². The maximum absolute atomic E-state index is 13.8. The van der Waals surface area contributed by atoms with E-state index >= 15 is 0 Å². The SMILES string of the molecule is Cc1cccc(Cl)c1NC(=O)C(c1ccccc1O)N(C(=O)C(C)NC(=O)OC(C)(C)C)C(C)(C)C. The number of aryl methyl sites for hydroxylation is 1. The van der Waals surface area contributed by atoms with E-state index < -0.39 is 41.1 Å². The molecular formula is C27H36ClN3O5. The number of nitrogens with zero attached hydrogens (tertiary/aromatic N) is 1. The Kier molecular flexibility index (Phi) is 9.02. The predicted octanol–water partition coefficient (Wildman–Crippen LogP) is 5.57. The second kappa shape index (κ2) is 11.2. The molecule has 0 saturated carbocycles. The van der Waals surface area contributed by atoms with Gasteiger partial charge in [0, 0.05) is 11.1 Å². The van der Waals surface area contributed by atoms with Crippen molar-refractivity contribution in [3.8, 4) is 5.75 Å². The summed E-state index contributed by atoms with van der Waals surface area (Å²) in [7, 11) is 0. The number of phenols is 1. The van der Waals surface area contributed by atoms with Gasteiger partial charge in [-0.15, -0.1) is 0 Å². The first kappa shape index (κ1) is 29.0.